The van der Waals surface area contributed by atoms with Gasteiger partial charge in [0.1, 0.15) is 23.7 Å². The van der Waals surface area contributed by atoms with Crippen LogP contribution in [0.2, 0.25) is 0 Å². The van der Waals surface area contributed by atoms with Gasteiger partial charge in [0.05, 0.1) is 12.6 Å². The van der Waals surface area contributed by atoms with Gasteiger partial charge in [0, 0.05) is 5.56 Å². The summed E-state index contributed by atoms with van der Waals surface area (Å²) in [6.07, 6.45) is -0.984. The number of amides is 1. The number of aryl methyl sites for hydroxylation is 1. The van der Waals surface area contributed by atoms with E-state index < -0.39 is 29.5 Å². The number of ether oxygens (including phenoxy) is 2. The van der Waals surface area contributed by atoms with E-state index in [1.165, 1.54) is 6.07 Å². The number of aliphatic imine (C=N–C) groups is 1. The molecule has 0 spiro atoms. The van der Waals surface area contributed by atoms with Crippen molar-refractivity contribution in [2.45, 2.75) is 59.6 Å². The smallest absolute Gasteiger partial charge is 0.413 e. The minimum Gasteiger partial charge on any atom is -0.466 e. The van der Waals surface area contributed by atoms with Crippen LogP contribution >= 0.6 is 0 Å². The quantitative estimate of drug-likeness (QED) is 0.484. The van der Waals surface area contributed by atoms with Gasteiger partial charge in [-0.25, -0.2) is 9.18 Å². The number of carbonyl (C=O) groups is 2. The topological polar surface area (TPSA) is 77.0 Å². The Morgan fingerprint density at radius 2 is 1.96 bits per heavy atom. The zero-order chi connectivity index (χ0) is 19.9. The van der Waals surface area contributed by atoms with E-state index in [4.69, 9.17) is 9.47 Å². The minimum atomic E-state index is -0.738. The van der Waals surface area contributed by atoms with Gasteiger partial charge in [-0.05, 0) is 47.6 Å². The van der Waals surface area contributed by atoms with Crippen LogP contribution in [0.15, 0.2) is 23.2 Å². The van der Waals surface area contributed by atoms with Crippen LogP contribution in [0.5, 0.6) is 0 Å². The van der Waals surface area contributed by atoms with Crippen LogP contribution in [0.3, 0.4) is 0 Å². The van der Waals surface area contributed by atoms with E-state index in [9.17, 15) is 14.0 Å². The zero-order valence-corrected chi connectivity index (χ0v) is 16.2. The number of hydrogen-bond acceptors (Lipinski definition) is 5. The first-order valence-electron chi connectivity index (χ1n) is 8.50. The standard InChI is InChI=1S/C19H27FN2O4/c1-7-25-17(23)11-16(22-18(24)26-19(4,5)6)21-13(3)14-10-12(2)8-9-15(14)20/h8-10,13H,7,11H2,1-6H3,(H,21,22,24)/t13-/m0/s1. The molecule has 0 saturated heterocycles. The van der Waals surface area contributed by atoms with Crippen LogP contribution in [-0.4, -0.2) is 30.1 Å². The monoisotopic (exact) mass is 366 g/mol. The largest absolute Gasteiger partial charge is 0.466 e. The highest BCUT2D eigenvalue weighted by atomic mass is 19.1. The van der Waals surface area contributed by atoms with Crippen molar-refractivity contribution in [2.75, 3.05) is 6.61 Å². The molecule has 0 bridgehead atoms. The summed E-state index contributed by atoms with van der Waals surface area (Å²) in [5.41, 5.74) is 0.556. The molecule has 0 radical (unpaired) electrons. The molecule has 0 aliphatic rings. The molecule has 1 aromatic carbocycles. The highest BCUT2D eigenvalue weighted by molar-refractivity contribution is 6.04. The van der Waals surface area contributed by atoms with Gasteiger partial charge in [-0.3, -0.25) is 15.1 Å². The van der Waals surface area contributed by atoms with E-state index in [1.54, 1.807) is 46.8 Å². The van der Waals surface area contributed by atoms with Crippen LogP contribution < -0.4 is 5.32 Å². The van der Waals surface area contributed by atoms with Crippen molar-refractivity contribution in [1.82, 2.24) is 5.32 Å². The molecule has 1 aromatic rings. The number of benzene rings is 1. The van der Waals surface area contributed by atoms with E-state index in [0.29, 0.717) is 5.56 Å². The summed E-state index contributed by atoms with van der Waals surface area (Å²) in [6.45, 7) is 10.6. The average Bonchev–Trinajstić information content (AvgIpc) is 2.47. The van der Waals surface area contributed by atoms with Gasteiger partial charge in [0.15, 0.2) is 0 Å². The molecule has 144 valence electrons. The summed E-state index contributed by atoms with van der Waals surface area (Å²) in [4.78, 5) is 28.1. The molecule has 6 nitrogen and oxygen atoms in total. The molecule has 0 unspecified atom stereocenters. The predicted octanol–water partition coefficient (Wildman–Crippen LogP) is 4.07. The lowest BCUT2D eigenvalue weighted by Crippen LogP contribution is -2.37. The summed E-state index contributed by atoms with van der Waals surface area (Å²) >= 11 is 0. The Hall–Kier alpha value is -2.44. The number of alkyl carbamates (subject to hydrolysis) is 1. The van der Waals surface area contributed by atoms with Crippen LogP contribution in [0, 0.1) is 12.7 Å². The Morgan fingerprint density at radius 1 is 1.31 bits per heavy atom. The highest BCUT2D eigenvalue weighted by Gasteiger charge is 2.20. The van der Waals surface area contributed by atoms with E-state index in [2.05, 4.69) is 10.3 Å². The fourth-order valence-electron chi connectivity index (χ4n) is 2.18. The molecule has 0 aromatic heterocycles. The molecule has 26 heavy (non-hydrogen) atoms. The molecule has 0 heterocycles. The lowest BCUT2D eigenvalue weighted by atomic mass is 10.1. The number of carbonyl (C=O) groups excluding carboxylic acids is 2. The molecule has 1 amide bonds. The summed E-state index contributed by atoms with van der Waals surface area (Å²) in [6, 6.07) is 4.10. The number of halogens is 1. The van der Waals surface area contributed by atoms with Crippen molar-refractivity contribution in [3.63, 3.8) is 0 Å². The van der Waals surface area contributed by atoms with Gasteiger partial charge >= 0.3 is 12.1 Å². The first kappa shape index (κ1) is 21.6. The first-order chi connectivity index (χ1) is 12.0. The maximum Gasteiger partial charge on any atom is 0.413 e. The zero-order valence-electron chi connectivity index (χ0n) is 16.2. The van der Waals surface area contributed by atoms with Crippen LogP contribution in [0.1, 0.15) is 58.2 Å². The Balaban J connectivity index is 3.05. The SMILES string of the molecule is CCOC(=O)CC(=N[C@@H](C)c1cc(C)ccc1F)NC(=O)OC(C)(C)C. The maximum atomic E-state index is 14.1. The normalized spacial score (nSPS) is 13.1. The van der Waals surface area contributed by atoms with E-state index in [1.807, 2.05) is 6.92 Å². The van der Waals surface area contributed by atoms with Crippen LogP contribution in [0.4, 0.5) is 9.18 Å². The Morgan fingerprint density at radius 3 is 2.54 bits per heavy atom. The predicted molar refractivity (Wildman–Crippen MR) is 97.6 cm³/mol. The molecule has 0 saturated carbocycles. The molecule has 1 rings (SSSR count). The summed E-state index contributed by atoms with van der Waals surface area (Å²) < 4.78 is 24.1. The summed E-state index contributed by atoms with van der Waals surface area (Å²) in [5, 5.41) is 2.46. The van der Waals surface area contributed by atoms with Crippen molar-refractivity contribution in [3.8, 4) is 0 Å². The maximum absolute atomic E-state index is 14.1. The van der Waals surface area contributed by atoms with Gasteiger partial charge in [0.25, 0.3) is 0 Å². The molecular weight excluding hydrogens is 339 g/mol. The van der Waals surface area contributed by atoms with Gasteiger partial charge in [-0.15, -0.1) is 0 Å². The number of hydrogen-bond donors (Lipinski definition) is 1. The van der Waals surface area contributed by atoms with E-state index in [-0.39, 0.29) is 18.9 Å². The number of esters is 1. The van der Waals surface area contributed by atoms with E-state index in [0.717, 1.165) is 5.56 Å². The second kappa shape index (κ2) is 9.31. The fourth-order valence-corrected chi connectivity index (χ4v) is 2.18. The van der Waals surface area contributed by atoms with Gasteiger partial charge < -0.3 is 9.47 Å². The lowest BCUT2D eigenvalue weighted by Gasteiger charge is -2.20. The third-order valence-electron chi connectivity index (χ3n) is 3.21. The van der Waals surface area contributed by atoms with Crippen molar-refractivity contribution in [3.05, 3.63) is 35.1 Å². The van der Waals surface area contributed by atoms with E-state index >= 15 is 0 Å². The number of nitrogens with one attached hydrogen (secondary N) is 1. The highest BCUT2D eigenvalue weighted by Crippen LogP contribution is 2.22. The second-order valence-corrected chi connectivity index (χ2v) is 6.89. The third kappa shape index (κ3) is 7.63. The fraction of sp³-hybridized carbons (Fsp3) is 0.526. The number of rotatable bonds is 5. The molecular formula is C19H27FN2O4. The van der Waals surface area contributed by atoms with Crippen molar-refractivity contribution < 1.29 is 23.5 Å². The molecule has 0 aliphatic carbocycles. The third-order valence-corrected chi connectivity index (χ3v) is 3.21. The average molecular weight is 366 g/mol. The van der Waals surface area contributed by atoms with Gasteiger partial charge in [0.2, 0.25) is 0 Å². The van der Waals surface area contributed by atoms with Crippen LogP contribution in [0.25, 0.3) is 0 Å². The Labute approximate surface area is 153 Å². The molecule has 0 aliphatic heterocycles. The van der Waals surface area contributed by atoms with Crippen molar-refractivity contribution in [2.24, 2.45) is 4.99 Å². The molecule has 1 atom stereocenters. The number of amidine groups is 1. The molecule has 1 N–H and O–H groups in total. The lowest BCUT2D eigenvalue weighted by molar-refractivity contribution is -0.141. The summed E-state index contributed by atoms with van der Waals surface area (Å²) in [5.74, 6) is -0.884. The van der Waals surface area contributed by atoms with Crippen molar-refractivity contribution >= 4 is 17.9 Å². The Kier molecular flexibility index (Phi) is 7.74. The number of nitrogens with zero attached hydrogens (tertiary/aromatic N) is 1. The molecule has 0 fully saturated rings. The van der Waals surface area contributed by atoms with Crippen molar-refractivity contribution in [1.29, 1.82) is 0 Å². The van der Waals surface area contributed by atoms with Crippen LogP contribution in [-0.2, 0) is 14.3 Å². The Bertz CT molecular complexity index is 681. The summed E-state index contributed by atoms with van der Waals surface area (Å²) in [7, 11) is 0. The van der Waals surface area contributed by atoms with Gasteiger partial charge in [-0.1, -0.05) is 17.7 Å². The first-order valence-corrected chi connectivity index (χ1v) is 8.50. The minimum absolute atomic E-state index is 0.0612. The molecule has 7 heteroatoms. The second-order valence-electron chi connectivity index (χ2n) is 6.89. The van der Waals surface area contributed by atoms with Gasteiger partial charge in [-0.2, -0.15) is 0 Å².